The second-order valence-electron chi connectivity index (χ2n) is 4.59. The molecule has 0 amide bonds. The monoisotopic (exact) mass is 291 g/mol. The van der Waals surface area contributed by atoms with Crippen LogP contribution >= 0.6 is 11.6 Å². The summed E-state index contributed by atoms with van der Waals surface area (Å²) in [4.78, 5) is 0. The number of hydrogen-bond donors (Lipinski definition) is 2. The highest BCUT2D eigenvalue weighted by molar-refractivity contribution is 6.32. The number of anilines is 1. The number of aliphatic hydroxyl groups excluding tert-OH is 1. The third kappa shape index (κ3) is 4.15. The molecule has 2 aromatic carbocycles. The summed E-state index contributed by atoms with van der Waals surface area (Å²) in [6.45, 7) is 2.65. The van der Waals surface area contributed by atoms with Crippen molar-refractivity contribution in [2.75, 3.05) is 18.5 Å². The molecule has 0 aliphatic heterocycles. The van der Waals surface area contributed by atoms with Gasteiger partial charge < -0.3 is 15.2 Å². The van der Waals surface area contributed by atoms with Crippen LogP contribution < -0.4 is 10.1 Å². The Morgan fingerprint density at radius 1 is 1.15 bits per heavy atom. The third-order valence-electron chi connectivity index (χ3n) is 2.94. The Bertz CT molecular complexity index is 510. The number of para-hydroxylation sites is 2. The molecule has 0 heterocycles. The fourth-order valence-electron chi connectivity index (χ4n) is 1.81. The van der Waals surface area contributed by atoms with Gasteiger partial charge in [0, 0.05) is 12.2 Å². The van der Waals surface area contributed by atoms with Crippen molar-refractivity contribution in [2.45, 2.75) is 13.0 Å². The van der Waals surface area contributed by atoms with Gasteiger partial charge in [-0.1, -0.05) is 41.9 Å². The SMILES string of the molecule is Cc1ccccc1NCC(O)COc1ccccc1Cl. The van der Waals surface area contributed by atoms with Crippen molar-refractivity contribution in [2.24, 2.45) is 0 Å². The minimum Gasteiger partial charge on any atom is -0.489 e. The van der Waals surface area contributed by atoms with Crippen molar-refractivity contribution in [1.29, 1.82) is 0 Å². The molecule has 1 unspecified atom stereocenters. The number of ether oxygens (including phenoxy) is 1. The van der Waals surface area contributed by atoms with Gasteiger partial charge in [0.2, 0.25) is 0 Å². The van der Waals surface area contributed by atoms with E-state index in [1.54, 1.807) is 12.1 Å². The van der Waals surface area contributed by atoms with Gasteiger partial charge >= 0.3 is 0 Å². The summed E-state index contributed by atoms with van der Waals surface area (Å²) in [5.41, 5.74) is 2.16. The molecule has 0 aromatic heterocycles. The van der Waals surface area contributed by atoms with E-state index in [9.17, 15) is 5.11 Å². The molecule has 3 nitrogen and oxygen atoms in total. The maximum atomic E-state index is 9.92. The van der Waals surface area contributed by atoms with Crippen LogP contribution in [0.4, 0.5) is 5.69 Å². The first-order valence-corrected chi connectivity index (χ1v) is 6.89. The maximum Gasteiger partial charge on any atom is 0.138 e. The molecule has 0 aliphatic rings. The number of benzene rings is 2. The van der Waals surface area contributed by atoms with Crippen molar-refractivity contribution < 1.29 is 9.84 Å². The van der Waals surface area contributed by atoms with Gasteiger partial charge in [-0.3, -0.25) is 0 Å². The van der Waals surface area contributed by atoms with Gasteiger partial charge in [0.15, 0.2) is 0 Å². The molecule has 2 N–H and O–H groups in total. The minimum atomic E-state index is -0.606. The zero-order valence-corrected chi connectivity index (χ0v) is 12.1. The lowest BCUT2D eigenvalue weighted by Gasteiger charge is -2.15. The number of hydrogen-bond acceptors (Lipinski definition) is 3. The van der Waals surface area contributed by atoms with Crippen molar-refractivity contribution in [3.8, 4) is 5.75 Å². The molecule has 0 spiro atoms. The van der Waals surface area contributed by atoms with Gasteiger partial charge in [0.1, 0.15) is 18.5 Å². The van der Waals surface area contributed by atoms with Gasteiger partial charge in [-0.05, 0) is 30.7 Å². The second-order valence-corrected chi connectivity index (χ2v) is 5.00. The van der Waals surface area contributed by atoms with E-state index in [2.05, 4.69) is 5.32 Å². The van der Waals surface area contributed by atoms with E-state index < -0.39 is 6.10 Å². The average molecular weight is 292 g/mol. The third-order valence-corrected chi connectivity index (χ3v) is 3.25. The van der Waals surface area contributed by atoms with Crippen LogP contribution in [0.3, 0.4) is 0 Å². The summed E-state index contributed by atoms with van der Waals surface area (Å²) in [5.74, 6) is 0.587. The first kappa shape index (κ1) is 14.7. The van der Waals surface area contributed by atoms with Gasteiger partial charge in [-0.25, -0.2) is 0 Å². The first-order chi connectivity index (χ1) is 9.66. The molecule has 4 heteroatoms. The Kier molecular flexibility index (Phi) is 5.27. The average Bonchev–Trinajstić information content (AvgIpc) is 2.45. The van der Waals surface area contributed by atoms with Crippen LogP contribution in [-0.2, 0) is 0 Å². The van der Waals surface area contributed by atoms with E-state index in [1.165, 1.54) is 0 Å². The summed E-state index contributed by atoms with van der Waals surface area (Å²) in [7, 11) is 0. The molecule has 0 saturated carbocycles. The number of halogens is 1. The molecule has 20 heavy (non-hydrogen) atoms. The van der Waals surface area contributed by atoms with E-state index in [0.717, 1.165) is 11.3 Å². The van der Waals surface area contributed by atoms with Gasteiger partial charge in [-0.2, -0.15) is 0 Å². The Hall–Kier alpha value is -1.71. The molecule has 1 atom stereocenters. The topological polar surface area (TPSA) is 41.5 Å². The molecule has 0 aliphatic carbocycles. The Morgan fingerprint density at radius 3 is 2.60 bits per heavy atom. The normalized spacial score (nSPS) is 11.9. The molecule has 0 bridgehead atoms. The summed E-state index contributed by atoms with van der Waals surface area (Å²) in [6, 6.07) is 15.2. The second kappa shape index (κ2) is 7.17. The first-order valence-electron chi connectivity index (χ1n) is 6.51. The van der Waals surface area contributed by atoms with E-state index in [1.807, 2.05) is 43.3 Å². The molecular formula is C16H18ClNO2. The van der Waals surface area contributed by atoms with E-state index in [-0.39, 0.29) is 6.61 Å². The van der Waals surface area contributed by atoms with Crippen molar-refractivity contribution in [1.82, 2.24) is 0 Å². The summed E-state index contributed by atoms with van der Waals surface area (Å²) < 4.78 is 5.50. The fraction of sp³-hybridized carbons (Fsp3) is 0.250. The lowest BCUT2D eigenvalue weighted by molar-refractivity contribution is 0.117. The Labute approximate surface area is 124 Å². The predicted octanol–water partition coefficient (Wildman–Crippen LogP) is 3.50. The number of rotatable bonds is 6. The summed E-state index contributed by atoms with van der Waals surface area (Å²) in [6.07, 6.45) is -0.606. The molecular weight excluding hydrogens is 274 g/mol. The minimum absolute atomic E-state index is 0.197. The largest absolute Gasteiger partial charge is 0.489 e. The highest BCUT2D eigenvalue weighted by atomic mass is 35.5. The number of aliphatic hydroxyl groups is 1. The van der Waals surface area contributed by atoms with Crippen LogP contribution in [0.5, 0.6) is 5.75 Å². The van der Waals surface area contributed by atoms with Crippen LogP contribution in [0.2, 0.25) is 5.02 Å². The molecule has 0 saturated heterocycles. The lowest BCUT2D eigenvalue weighted by atomic mass is 10.2. The quantitative estimate of drug-likeness (QED) is 0.856. The van der Waals surface area contributed by atoms with Crippen LogP contribution in [0.25, 0.3) is 0 Å². The molecule has 0 radical (unpaired) electrons. The predicted molar refractivity (Wildman–Crippen MR) is 82.6 cm³/mol. The van der Waals surface area contributed by atoms with Crippen molar-refractivity contribution in [3.63, 3.8) is 0 Å². The molecule has 0 fully saturated rings. The Morgan fingerprint density at radius 2 is 1.85 bits per heavy atom. The van der Waals surface area contributed by atoms with Crippen LogP contribution in [0.1, 0.15) is 5.56 Å². The summed E-state index contributed by atoms with van der Waals surface area (Å²) in [5, 5.41) is 13.7. The number of nitrogens with one attached hydrogen (secondary N) is 1. The lowest BCUT2D eigenvalue weighted by Crippen LogP contribution is -2.26. The van der Waals surface area contributed by atoms with Gasteiger partial charge in [0.05, 0.1) is 5.02 Å². The van der Waals surface area contributed by atoms with Crippen molar-refractivity contribution >= 4 is 17.3 Å². The maximum absolute atomic E-state index is 9.92. The molecule has 2 aromatic rings. The summed E-state index contributed by atoms with van der Waals surface area (Å²) >= 11 is 5.98. The smallest absolute Gasteiger partial charge is 0.138 e. The molecule has 2 rings (SSSR count). The van der Waals surface area contributed by atoms with Gasteiger partial charge in [-0.15, -0.1) is 0 Å². The van der Waals surface area contributed by atoms with E-state index in [0.29, 0.717) is 17.3 Å². The fourth-order valence-corrected chi connectivity index (χ4v) is 2.00. The zero-order valence-electron chi connectivity index (χ0n) is 11.3. The highest BCUT2D eigenvalue weighted by Gasteiger charge is 2.07. The highest BCUT2D eigenvalue weighted by Crippen LogP contribution is 2.23. The number of aryl methyl sites for hydroxylation is 1. The van der Waals surface area contributed by atoms with E-state index in [4.69, 9.17) is 16.3 Å². The molecule has 106 valence electrons. The Balaban J connectivity index is 1.80. The van der Waals surface area contributed by atoms with E-state index >= 15 is 0 Å². The van der Waals surface area contributed by atoms with Gasteiger partial charge in [0.25, 0.3) is 0 Å². The standard InChI is InChI=1S/C16H18ClNO2/c1-12-6-2-4-8-15(12)18-10-13(19)11-20-16-9-5-3-7-14(16)17/h2-9,13,18-19H,10-11H2,1H3. The zero-order chi connectivity index (χ0) is 14.4. The van der Waals surface area contributed by atoms with Crippen LogP contribution in [0.15, 0.2) is 48.5 Å². The van der Waals surface area contributed by atoms with Crippen LogP contribution in [-0.4, -0.2) is 24.4 Å². The van der Waals surface area contributed by atoms with Crippen molar-refractivity contribution in [3.05, 3.63) is 59.1 Å². The van der Waals surface area contributed by atoms with Crippen LogP contribution in [0, 0.1) is 6.92 Å².